The van der Waals surface area contributed by atoms with Gasteiger partial charge in [-0.05, 0) is 25.1 Å². The van der Waals surface area contributed by atoms with Crippen LogP contribution in [0, 0.1) is 0 Å². The molecule has 0 saturated carbocycles. The molecule has 4 nitrogen and oxygen atoms in total. The molecule has 0 radical (unpaired) electrons. The first-order chi connectivity index (χ1) is 9.40. The van der Waals surface area contributed by atoms with Gasteiger partial charge < -0.3 is 15.4 Å². The summed E-state index contributed by atoms with van der Waals surface area (Å²) in [4.78, 5) is 4.92. The Labute approximate surface area is 116 Å². The van der Waals surface area contributed by atoms with E-state index in [1.807, 2.05) is 0 Å². The zero-order valence-electron chi connectivity index (χ0n) is 11.6. The van der Waals surface area contributed by atoms with Crippen LogP contribution in [0.3, 0.4) is 0 Å². The molecule has 2 N–H and O–H groups in total. The lowest BCUT2D eigenvalue weighted by molar-refractivity contribution is 0.101. The third-order valence-electron chi connectivity index (χ3n) is 3.54. The van der Waals surface area contributed by atoms with Crippen molar-refractivity contribution >= 4 is 5.69 Å². The Kier molecular flexibility index (Phi) is 6.14. The summed E-state index contributed by atoms with van der Waals surface area (Å²) in [7, 11) is 0. The van der Waals surface area contributed by atoms with Gasteiger partial charge in [0.2, 0.25) is 0 Å². The Bertz CT molecular complexity index is 337. The fourth-order valence-corrected chi connectivity index (χ4v) is 2.35. The summed E-state index contributed by atoms with van der Waals surface area (Å²) < 4.78 is 5.55. The molecular formula is C15H25N3O. The number of hydrogen-bond donors (Lipinski definition) is 1. The second kappa shape index (κ2) is 8.15. The minimum Gasteiger partial charge on any atom is -0.380 e. The highest BCUT2D eigenvalue weighted by atomic mass is 16.5. The van der Waals surface area contributed by atoms with Crippen molar-refractivity contribution in [2.75, 3.05) is 57.4 Å². The fourth-order valence-electron chi connectivity index (χ4n) is 2.35. The summed E-state index contributed by atoms with van der Waals surface area (Å²) in [6, 6.07) is 10.6. The molecule has 19 heavy (non-hydrogen) atoms. The molecule has 0 atom stereocenters. The van der Waals surface area contributed by atoms with Gasteiger partial charge in [-0.25, -0.2) is 0 Å². The van der Waals surface area contributed by atoms with Crippen molar-refractivity contribution in [3.05, 3.63) is 30.3 Å². The van der Waals surface area contributed by atoms with Crippen LogP contribution in [-0.4, -0.2) is 57.4 Å². The Hall–Kier alpha value is -1.10. The van der Waals surface area contributed by atoms with Gasteiger partial charge in [0.25, 0.3) is 0 Å². The lowest BCUT2D eigenvalue weighted by Crippen LogP contribution is -2.47. The third-order valence-corrected chi connectivity index (χ3v) is 3.54. The van der Waals surface area contributed by atoms with Gasteiger partial charge >= 0.3 is 0 Å². The number of rotatable bonds is 7. The first kappa shape index (κ1) is 14.3. The van der Waals surface area contributed by atoms with Crippen LogP contribution in [0.25, 0.3) is 0 Å². The summed E-state index contributed by atoms with van der Waals surface area (Å²) in [5.41, 5.74) is 6.76. The van der Waals surface area contributed by atoms with Crippen LogP contribution in [0.1, 0.15) is 6.42 Å². The molecule has 106 valence electrons. The molecule has 0 aromatic heterocycles. The minimum atomic E-state index is 0.718. The van der Waals surface area contributed by atoms with E-state index in [0.29, 0.717) is 0 Å². The Morgan fingerprint density at radius 2 is 1.74 bits per heavy atom. The third kappa shape index (κ3) is 4.82. The quantitative estimate of drug-likeness (QED) is 0.750. The SMILES string of the molecule is NCCCOCCN1CCN(c2ccccc2)CC1. The standard InChI is InChI=1S/C15H25N3O/c16-7-4-13-19-14-12-17-8-10-18(11-9-17)15-5-2-1-3-6-15/h1-3,5-6H,4,7-14,16H2. The van der Waals surface area contributed by atoms with Gasteiger partial charge in [0.15, 0.2) is 0 Å². The number of nitrogens with two attached hydrogens (primary N) is 1. The molecule has 0 bridgehead atoms. The van der Waals surface area contributed by atoms with Gasteiger partial charge in [-0.15, -0.1) is 0 Å². The van der Waals surface area contributed by atoms with Crippen LogP contribution in [0.5, 0.6) is 0 Å². The molecule has 1 fully saturated rings. The van der Waals surface area contributed by atoms with Crippen LogP contribution in [0.2, 0.25) is 0 Å². The van der Waals surface area contributed by atoms with Crippen molar-refractivity contribution in [3.63, 3.8) is 0 Å². The number of anilines is 1. The van der Waals surface area contributed by atoms with E-state index < -0.39 is 0 Å². The predicted molar refractivity (Wildman–Crippen MR) is 79.6 cm³/mol. The molecule has 1 aliphatic heterocycles. The average Bonchev–Trinajstić information content (AvgIpc) is 2.49. The Morgan fingerprint density at radius 1 is 1.00 bits per heavy atom. The number of para-hydroxylation sites is 1. The summed E-state index contributed by atoms with van der Waals surface area (Å²) in [5, 5.41) is 0. The largest absolute Gasteiger partial charge is 0.380 e. The first-order valence-electron chi connectivity index (χ1n) is 7.20. The number of hydrogen-bond acceptors (Lipinski definition) is 4. The van der Waals surface area contributed by atoms with E-state index in [2.05, 4.69) is 40.1 Å². The summed E-state index contributed by atoms with van der Waals surface area (Å²) in [6.45, 7) is 7.82. The minimum absolute atomic E-state index is 0.718. The zero-order chi connectivity index (χ0) is 13.3. The molecular weight excluding hydrogens is 238 g/mol. The Morgan fingerprint density at radius 3 is 2.42 bits per heavy atom. The molecule has 1 heterocycles. The van der Waals surface area contributed by atoms with Crippen LogP contribution < -0.4 is 10.6 Å². The van der Waals surface area contributed by atoms with E-state index in [-0.39, 0.29) is 0 Å². The van der Waals surface area contributed by atoms with E-state index in [4.69, 9.17) is 10.5 Å². The average molecular weight is 263 g/mol. The molecule has 1 aliphatic rings. The van der Waals surface area contributed by atoms with Gasteiger partial charge in [0, 0.05) is 45.0 Å². The van der Waals surface area contributed by atoms with Crippen LogP contribution in [0.4, 0.5) is 5.69 Å². The summed E-state index contributed by atoms with van der Waals surface area (Å²) in [5.74, 6) is 0. The van der Waals surface area contributed by atoms with Gasteiger partial charge in [-0.2, -0.15) is 0 Å². The highest BCUT2D eigenvalue weighted by molar-refractivity contribution is 5.46. The topological polar surface area (TPSA) is 41.7 Å². The van der Waals surface area contributed by atoms with Crippen molar-refractivity contribution in [1.82, 2.24) is 4.90 Å². The maximum Gasteiger partial charge on any atom is 0.0593 e. The molecule has 0 spiro atoms. The van der Waals surface area contributed by atoms with E-state index in [9.17, 15) is 0 Å². The fraction of sp³-hybridized carbons (Fsp3) is 0.600. The highest BCUT2D eigenvalue weighted by Crippen LogP contribution is 2.15. The molecule has 0 unspecified atom stereocenters. The van der Waals surface area contributed by atoms with Crippen molar-refractivity contribution in [3.8, 4) is 0 Å². The number of piperazine rings is 1. The van der Waals surface area contributed by atoms with Gasteiger partial charge in [-0.3, -0.25) is 4.90 Å². The van der Waals surface area contributed by atoms with Gasteiger partial charge in [-0.1, -0.05) is 18.2 Å². The summed E-state index contributed by atoms with van der Waals surface area (Å²) >= 11 is 0. The smallest absolute Gasteiger partial charge is 0.0593 e. The molecule has 1 aromatic carbocycles. The van der Waals surface area contributed by atoms with Crippen LogP contribution in [-0.2, 0) is 4.74 Å². The second-order valence-corrected chi connectivity index (χ2v) is 4.92. The van der Waals surface area contributed by atoms with E-state index in [1.165, 1.54) is 5.69 Å². The lowest BCUT2D eigenvalue weighted by atomic mass is 10.2. The van der Waals surface area contributed by atoms with Crippen molar-refractivity contribution in [1.29, 1.82) is 0 Å². The van der Waals surface area contributed by atoms with Gasteiger partial charge in [0.05, 0.1) is 6.61 Å². The van der Waals surface area contributed by atoms with Crippen molar-refractivity contribution in [2.45, 2.75) is 6.42 Å². The normalized spacial score (nSPS) is 16.8. The van der Waals surface area contributed by atoms with E-state index in [1.54, 1.807) is 0 Å². The van der Waals surface area contributed by atoms with Crippen molar-refractivity contribution < 1.29 is 4.74 Å². The van der Waals surface area contributed by atoms with E-state index in [0.717, 1.165) is 58.9 Å². The predicted octanol–water partition coefficient (Wildman–Crippen LogP) is 1.17. The number of ether oxygens (including phenoxy) is 1. The number of nitrogens with zero attached hydrogens (tertiary/aromatic N) is 2. The molecule has 0 aliphatic carbocycles. The van der Waals surface area contributed by atoms with E-state index >= 15 is 0 Å². The van der Waals surface area contributed by atoms with Crippen LogP contribution >= 0.6 is 0 Å². The highest BCUT2D eigenvalue weighted by Gasteiger charge is 2.16. The van der Waals surface area contributed by atoms with Crippen molar-refractivity contribution in [2.24, 2.45) is 5.73 Å². The molecule has 1 saturated heterocycles. The number of benzene rings is 1. The lowest BCUT2D eigenvalue weighted by Gasteiger charge is -2.36. The Balaban J connectivity index is 1.63. The molecule has 4 heteroatoms. The zero-order valence-corrected chi connectivity index (χ0v) is 11.6. The summed E-state index contributed by atoms with van der Waals surface area (Å²) in [6.07, 6.45) is 0.960. The molecule has 1 aromatic rings. The molecule has 2 rings (SSSR count). The van der Waals surface area contributed by atoms with Crippen LogP contribution in [0.15, 0.2) is 30.3 Å². The second-order valence-electron chi connectivity index (χ2n) is 4.92. The maximum absolute atomic E-state index is 5.55. The molecule has 0 amide bonds. The monoisotopic (exact) mass is 263 g/mol. The maximum atomic E-state index is 5.55. The first-order valence-corrected chi connectivity index (χ1v) is 7.20. The van der Waals surface area contributed by atoms with Gasteiger partial charge in [0.1, 0.15) is 0 Å².